The summed E-state index contributed by atoms with van der Waals surface area (Å²) in [5.41, 5.74) is 3.34. The molecule has 1 aromatic rings. The van der Waals surface area contributed by atoms with Gasteiger partial charge in [0.25, 0.3) is 0 Å². The molecule has 0 atom stereocenters. The molecule has 1 aromatic heterocycles. The highest BCUT2D eigenvalue weighted by atomic mass is 15.1. The Bertz CT molecular complexity index is 406. The van der Waals surface area contributed by atoms with Crippen LogP contribution in [0.3, 0.4) is 0 Å². The van der Waals surface area contributed by atoms with Gasteiger partial charge in [0.2, 0.25) is 0 Å². The summed E-state index contributed by atoms with van der Waals surface area (Å²) in [6.07, 6.45) is 7.81. The quantitative estimate of drug-likeness (QED) is 0.822. The first kappa shape index (κ1) is 10.7. The van der Waals surface area contributed by atoms with Crippen molar-refractivity contribution in [3.8, 4) is 0 Å². The zero-order chi connectivity index (χ0) is 11.4. The van der Waals surface area contributed by atoms with Crippen molar-refractivity contribution in [1.82, 2.24) is 9.88 Å². The van der Waals surface area contributed by atoms with Crippen molar-refractivity contribution in [2.75, 3.05) is 13.1 Å². The maximum absolute atomic E-state index is 4.39. The minimum Gasteiger partial charge on any atom is -0.369 e. The molecule has 0 aromatic carbocycles. The number of aliphatic imine (C=N–C) groups is 1. The number of nitrogens with one attached hydrogen (secondary N) is 1. The number of rotatable bonds is 4. The monoisotopic (exact) mass is 215 g/mol. The smallest absolute Gasteiger partial charge is 0.0885 e. The normalized spacial score (nSPS) is 16.9. The first-order valence-corrected chi connectivity index (χ1v) is 5.70. The van der Waals surface area contributed by atoms with Crippen LogP contribution in [0.2, 0.25) is 0 Å². The lowest BCUT2D eigenvalue weighted by Gasteiger charge is -2.24. The summed E-state index contributed by atoms with van der Waals surface area (Å²) < 4.78 is 0. The van der Waals surface area contributed by atoms with Gasteiger partial charge in [-0.25, -0.2) is 0 Å². The molecule has 0 unspecified atom stereocenters. The Labute approximate surface area is 96.2 Å². The Morgan fingerprint density at radius 1 is 1.38 bits per heavy atom. The number of hydrogen-bond donors (Lipinski definition) is 1. The van der Waals surface area contributed by atoms with Crippen LogP contribution in [-0.2, 0) is 0 Å². The molecule has 1 aliphatic heterocycles. The van der Waals surface area contributed by atoms with Gasteiger partial charge in [0, 0.05) is 25.5 Å². The zero-order valence-electron chi connectivity index (χ0n) is 9.77. The second kappa shape index (κ2) is 4.84. The number of H-pyrrole nitrogens is 1. The van der Waals surface area contributed by atoms with Crippen molar-refractivity contribution < 1.29 is 0 Å². The molecule has 0 saturated heterocycles. The molecule has 0 amide bonds. The lowest BCUT2D eigenvalue weighted by atomic mass is 10.2. The third-order valence-electron chi connectivity index (χ3n) is 2.73. The third kappa shape index (κ3) is 1.94. The summed E-state index contributed by atoms with van der Waals surface area (Å²) >= 11 is 0. The zero-order valence-corrected chi connectivity index (χ0v) is 9.77. The summed E-state index contributed by atoms with van der Waals surface area (Å²) in [5, 5.41) is 0. The molecule has 0 radical (unpaired) electrons. The van der Waals surface area contributed by atoms with E-state index in [2.05, 4.69) is 40.9 Å². The van der Waals surface area contributed by atoms with Crippen LogP contribution in [0.15, 0.2) is 41.2 Å². The topological polar surface area (TPSA) is 31.4 Å². The van der Waals surface area contributed by atoms with E-state index >= 15 is 0 Å². The van der Waals surface area contributed by atoms with E-state index in [9.17, 15) is 0 Å². The number of hydrogen-bond acceptors (Lipinski definition) is 2. The molecule has 0 spiro atoms. The summed E-state index contributed by atoms with van der Waals surface area (Å²) in [7, 11) is 0. The average molecular weight is 215 g/mol. The van der Waals surface area contributed by atoms with Crippen molar-refractivity contribution in [1.29, 1.82) is 0 Å². The Kier molecular flexibility index (Phi) is 3.25. The second-order valence-electron chi connectivity index (χ2n) is 3.63. The van der Waals surface area contributed by atoms with Crippen molar-refractivity contribution in [3.05, 3.63) is 41.9 Å². The van der Waals surface area contributed by atoms with E-state index < -0.39 is 0 Å². The predicted molar refractivity (Wildman–Crippen MR) is 68.3 cm³/mol. The fraction of sp³-hybridized carbons (Fsp3) is 0.308. The molecule has 1 N–H and O–H groups in total. The van der Waals surface area contributed by atoms with Gasteiger partial charge in [-0.05, 0) is 38.1 Å². The summed E-state index contributed by atoms with van der Waals surface area (Å²) in [6.45, 7) is 6.29. The van der Waals surface area contributed by atoms with E-state index in [-0.39, 0.29) is 0 Å². The highest BCUT2D eigenvalue weighted by Gasteiger charge is 2.14. The number of aromatic nitrogens is 1. The minimum atomic E-state index is 0.984. The largest absolute Gasteiger partial charge is 0.369 e. The van der Waals surface area contributed by atoms with E-state index in [1.165, 1.54) is 5.70 Å². The van der Waals surface area contributed by atoms with E-state index in [1.807, 2.05) is 24.6 Å². The molecule has 84 valence electrons. The van der Waals surface area contributed by atoms with Crippen LogP contribution in [0.25, 0.3) is 5.70 Å². The lowest BCUT2D eigenvalue weighted by Crippen LogP contribution is -2.22. The molecule has 1 aliphatic rings. The van der Waals surface area contributed by atoms with Crippen LogP contribution in [-0.4, -0.2) is 29.2 Å². The van der Waals surface area contributed by atoms with Crippen LogP contribution in [0.1, 0.15) is 19.5 Å². The lowest BCUT2D eigenvalue weighted by molar-refractivity contribution is 0.438. The molecule has 0 saturated carbocycles. The first-order valence-electron chi connectivity index (χ1n) is 5.70. The highest BCUT2D eigenvalue weighted by Crippen LogP contribution is 2.24. The van der Waals surface area contributed by atoms with Crippen LogP contribution < -0.4 is 0 Å². The van der Waals surface area contributed by atoms with Gasteiger partial charge in [-0.2, -0.15) is 0 Å². The fourth-order valence-electron chi connectivity index (χ4n) is 1.93. The maximum Gasteiger partial charge on any atom is 0.0885 e. The van der Waals surface area contributed by atoms with E-state index in [4.69, 9.17) is 0 Å². The van der Waals surface area contributed by atoms with Gasteiger partial charge in [-0.15, -0.1) is 0 Å². The van der Waals surface area contributed by atoms with Crippen LogP contribution in [0, 0.1) is 0 Å². The average Bonchev–Trinajstić information content (AvgIpc) is 2.98. The SMILES string of the molecule is CCN(CC)/C(=C1/C=CC=N1)c1ccc[nH]1. The molecule has 0 fully saturated rings. The Hall–Kier alpha value is -1.77. The van der Waals surface area contributed by atoms with Crippen LogP contribution >= 0.6 is 0 Å². The molecular formula is C13H17N3. The molecule has 2 heterocycles. The van der Waals surface area contributed by atoms with E-state index in [1.54, 1.807) is 0 Å². The van der Waals surface area contributed by atoms with Crippen LogP contribution in [0.5, 0.6) is 0 Å². The predicted octanol–water partition coefficient (Wildman–Crippen LogP) is 2.67. The third-order valence-corrected chi connectivity index (χ3v) is 2.73. The number of aromatic amines is 1. The summed E-state index contributed by atoms with van der Waals surface area (Å²) in [5.74, 6) is 0. The van der Waals surface area contributed by atoms with Gasteiger partial charge < -0.3 is 9.88 Å². The second-order valence-corrected chi connectivity index (χ2v) is 3.63. The standard InChI is InChI=1S/C13H17N3/c1-3-16(4-2)13(11-7-5-9-14-11)12-8-6-10-15-12/h5-10,14H,3-4H2,1-2H3/b13-12-. The number of nitrogens with zero attached hydrogens (tertiary/aromatic N) is 2. The molecule has 3 nitrogen and oxygen atoms in total. The highest BCUT2D eigenvalue weighted by molar-refractivity contribution is 5.82. The van der Waals surface area contributed by atoms with Crippen molar-refractivity contribution in [2.45, 2.75) is 13.8 Å². The van der Waals surface area contributed by atoms with Gasteiger partial charge >= 0.3 is 0 Å². The Morgan fingerprint density at radius 3 is 2.69 bits per heavy atom. The number of allylic oxidation sites excluding steroid dienone is 2. The molecule has 16 heavy (non-hydrogen) atoms. The molecule has 2 rings (SSSR count). The van der Waals surface area contributed by atoms with Crippen molar-refractivity contribution >= 4 is 11.9 Å². The maximum atomic E-state index is 4.39. The van der Waals surface area contributed by atoms with Gasteiger partial charge in [-0.1, -0.05) is 0 Å². The molecule has 0 aliphatic carbocycles. The minimum absolute atomic E-state index is 0.984. The van der Waals surface area contributed by atoms with Crippen LogP contribution in [0.4, 0.5) is 0 Å². The molecule has 0 bridgehead atoms. The van der Waals surface area contributed by atoms with Gasteiger partial charge in [-0.3, -0.25) is 4.99 Å². The van der Waals surface area contributed by atoms with Crippen molar-refractivity contribution in [3.63, 3.8) is 0 Å². The Morgan fingerprint density at radius 2 is 2.19 bits per heavy atom. The van der Waals surface area contributed by atoms with E-state index in [0.717, 1.165) is 24.5 Å². The van der Waals surface area contributed by atoms with Crippen molar-refractivity contribution in [2.24, 2.45) is 4.99 Å². The summed E-state index contributed by atoms with van der Waals surface area (Å²) in [4.78, 5) is 9.96. The first-order chi connectivity index (χ1) is 7.86. The molecule has 3 heteroatoms. The Balaban J connectivity index is 2.46. The fourth-order valence-corrected chi connectivity index (χ4v) is 1.93. The van der Waals surface area contributed by atoms with Gasteiger partial charge in [0.05, 0.1) is 17.1 Å². The van der Waals surface area contributed by atoms with Gasteiger partial charge in [0.1, 0.15) is 0 Å². The summed E-state index contributed by atoms with van der Waals surface area (Å²) in [6, 6.07) is 4.10. The van der Waals surface area contributed by atoms with Gasteiger partial charge in [0.15, 0.2) is 0 Å². The molecular weight excluding hydrogens is 198 g/mol. The van der Waals surface area contributed by atoms with E-state index in [0.29, 0.717) is 0 Å².